The molecule has 24 heavy (non-hydrogen) atoms. The predicted octanol–water partition coefficient (Wildman–Crippen LogP) is 2.65. The van der Waals surface area contributed by atoms with Crippen LogP contribution in [0, 0.1) is 0 Å². The van der Waals surface area contributed by atoms with E-state index in [-0.39, 0.29) is 12.1 Å². The summed E-state index contributed by atoms with van der Waals surface area (Å²) >= 11 is 3.44. The summed E-state index contributed by atoms with van der Waals surface area (Å²) in [5, 5.41) is 12.4. The molecule has 0 atom stereocenters. The molecule has 0 fully saturated rings. The molecule has 4 rings (SSSR count). The van der Waals surface area contributed by atoms with E-state index in [2.05, 4.69) is 36.4 Å². The lowest BCUT2D eigenvalue weighted by Crippen LogP contribution is -2.25. The minimum absolute atomic E-state index is 0.0879. The van der Waals surface area contributed by atoms with Gasteiger partial charge in [-0.25, -0.2) is 4.68 Å². The van der Waals surface area contributed by atoms with Crippen LogP contribution in [0.15, 0.2) is 62.3 Å². The Morgan fingerprint density at radius 3 is 2.75 bits per heavy atom. The van der Waals surface area contributed by atoms with E-state index in [9.17, 15) is 4.79 Å². The molecule has 0 spiro atoms. The lowest BCUT2D eigenvalue weighted by Gasteiger charge is -2.01. The fourth-order valence-electron chi connectivity index (χ4n) is 2.32. The van der Waals surface area contributed by atoms with Gasteiger partial charge in [0.2, 0.25) is 0 Å². The van der Waals surface area contributed by atoms with E-state index in [1.54, 1.807) is 18.2 Å². The standard InChI is InChI=1S/C16H10BrN5O2/c17-12-7-3-1-5-10(12)15-18-14(20-24-15)9-22-16(23)11-6-2-4-8-13(11)19-21-22/h1-8H,9H2. The van der Waals surface area contributed by atoms with Crippen molar-refractivity contribution in [3.8, 4) is 11.5 Å². The SMILES string of the molecule is O=c1c2ccccc2nnn1Cc1noc(-c2ccccc2Br)n1. The van der Waals surface area contributed by atoms with Crippen LogP contribution in [0.1, 0.15) is 5.82 Å². The van der Waals surface area contributed by atoms with Crippen LogP contribution < -0.4 is 5.56 Å². The minimum atomic E-state index is -0.243. The van der Waals surface area contributed by atoms with Crippen molar-refractivity contribution in [2.24, 2.45) is 0 Å². The highest BCUT2D eigenvalue weighted by atomic mass is 79.9. The quantitative estimate of drug-likeness (QED) is 0.540. The van der Waals surface area contributed by atoms with Crippen molar-refractivity contribution in [2.75, 3.05) is 0 Å². The molecule has 7 nitrogen and oxygen atoms in total. The van der Waals surface area contributed by atoms with E-state index in [0.717, 1.165) is 10.0 Å². The Bertz CT molecular complexity index is 1090. The predicted molar refractivity (Wildman–Crippen MR) is 90.3 cm³/mol. The van der Waals surface area contributed by atoms with E-state index < -0.39 is 0 Å². The summed E-state index contributed by atoms with van der Waals surface area (Å²) in [6.07, 6.45) is 0. The molecule has 4 aromatic rings. The third kappa shape index (κ3) is 2.61. The molecule has 2 heterocycles. The van der Waals surface area contributed by atoms with Gasteiger partial charge in [0.15, 0.2) is 5.82 Å². The highest BCUT2D eigenvalue weighted by molar-refractivity contribution is 9.10. The molecule has 0 aliphatic carbocycles. The van der Waals surface area contributed by atoms with Crippen molar-refractivity contribution >= 4 is 26.8 Å². The second-order valence-electron chi connectivity index (χ2n) is 5.06. The molecule has 0 radical (unpaired) electrons. The zero-order valence-electron chi connectivity index (χ0n) is 12.3. The molecule has 118 valence electrons. The Balaban J connectivity index is 1.69. The fourth-order valence-corrected chi connectivity index (χ4v) is 2.78. The Labute approximate surface area is 144 Å². The second-order valence-corrected chi connectivity index (χ2v) is 5.92. The smallest absolute Gasteiger partial charge is 0.278 e. The summed E-state index contributed by atoms with van der Waals surface area (Å²) in [6.45, 7) is 0.0879. The van der Waals surface area contributed by atoms with Gasteiger partial charge in [0, 0.05) is 4.47 Å². The van der Waals surface area contributed by atoms with Crippen molar-refractivity contribution in [2.45, 2.75) is 6.54 Å². The van der Waals surface area contributed by atoms with Gasteiger partial charge in [0.25, 0.3) is 11.4 Å². The van der Waals surface area contributed by atoms with Crippen LogP contribution >= 0.6 is 15.9 Å². The Morgan fingerprint density at radius 1 is 1.08 bits per heavy atom. The first-order valence-electron chi connectivity index (χ1n) is 7.12. The number of halogens is 1. The van der Waals surface area contributed by atoms with Crippen LogP contribution in [-0.2, 0) is 6.54 Å². The first kappa shape index (κ1) is 14.7. The van der Waals surface area contributed by atoms with E-state index in [0.29, 0.717) is 22.6 Å². The summed E-state index contributed by atoms with van der Waals surface area (Å²) in [5.41, 5.74) is 1.10. The van der Waals surface area contributed by atoms with E-state index >= 15 is 0 Å². The summed E-state index contributed by atoms with van der Waals surface area (Å²) in [5.74, 6) is 0.728. The molecule has 8 heteroatoms. The summed E-state index contributed by atoms with van der Waals surface area (Å²) in [7, 11) is 0. The van der Waals surface area contributed by atoms with Gasteiger partial charge in [-0.1, -0.05) is 34.6 Å². The zero-order valence-corrected chi connectivity index (χ0v) is 13.8. The highest BCUT2D eigenvalue weighted by Gasteiger charge is 2.13. The molecule has 0 aliphatic heterocycles. The number of aromatic nitrogens is 5. The number of rotatable bonds is 3. The van der Waals surface area contributed by atoms with E-state index in [4.69, 9.17) is 4.52 Å². The average molecular weight is 384 g/mol. The van der Waals surface area contributed by atoms with Gasteiger partial charge >= 0.3 is 0 Å². The number of fused-ring (bicyclic) bond motifs is 1. The van der Waals surface area contributed by atoms with Gasteiger partial charge in [0.05, 0.1) is 10.9 Å². The summed E-state index contributed by atoms with van der Waals surface area (Å²) in [4.78, 5) is 16.8. The van der Waals surface area contributed by atoms with Crippen molar-refractivity contribution in [3.05, 3.63) is 69.2 Å². The Kier molecular flexibility index (Phi) is 3.66. The maximum Gasteiger partial charge on any atom is 0.278 e. The largest absolute Gasteiger partial charge is 0.334 e. The third-order valence-electron chi connectivity index (χ3n) is 3.49. The maximum atomic E-state index is 12.4. The minimum Gasteiger partial charge on any atom is -0.334 e. The molecule has 0 bridgehead atoms. The zero-order chi connectivity index (χ0) is 16.5. The first-order valence-corrected chi connectivity index (χ1v) is 7.92. The lowest BCUT2D eigenvalue weighted by molar-refractivity contribution is 0.416. The van der Waals surface area contributed by atoms with Gasteiger partial charge in [-0.05, 0) is 40.2 Å². The molecule has 0 N–H and O–H groups in total. The lowest BCUT2D eigenvalue weighted by atomic mass is 10.2. The van der Waals surface area contributed by atoms with Crippen molar-refractivity contribution < 1.29 is 4.52 Å². The molecular formula is C16H10BrN5O2. The molecular weight excluding hydrogens is 374 g/mol. The molecule has 0 unspecified atom stereocenters. The van der Waals surface area contributed by atoms with Crippen molar-refractivity contribution in [1.82, 2.24) is 25.1 Å². The first-order chi connectivity index (χ1) is 11.7. The van der Waals surface area contributed by atoms with Gasteiger partial charge in [-0.2, -0.15) is 4.98 Å². The number of benzene rings is 2. The number of hydrogen-bond acceptors (Lipinski definition) is 6. The van der Waals surface area contributed by atoms with Crippen molar-refractivity contribution in [1.29, 1.82) is 0 Å². The molecule has 2 aromatic heterocycles. The molecule has 0 amide bonds. The normalized spacial score (nSPS) is 11.0. The maximum absolute atomic E-state index is 12.4. The van der Waals surface area contributed by atoms with Gasteiger partial charge in [-0.15, -0.1) is 5.10 Å². The van der Waals surface area contributed by atoms with Crippen LogP contribution in [-0.4, -0.2) is 25.1 Å². The summed E-state index contributed by atoms with van der Waals surface area (Å²) in [6, 6.07) is 14.6. The van der Waals surface area contributed by atoms with E-state index in [1.165, 1.54) is 4.68 Å². The second kappa shape index (κ2) is 5.97. The highest BCUT2D eigenvalue weighted by Crippen LogP contribution is 2.26. The Hall–Kier alpha value is -2.87. The number of hydrogen-bond donors (Lipinski definition) is 0. The molecule has 0 aliphatic rings. The fraction of sp³-hybridized carbons (Fsp3) is 0.0625. The van der Waals surface area contributed by atoms with Crippen LogP contribution in [0.3, 0.4) is 0 Å². The monoisotopic (exact) mass is 383 g/mol. The molecule has 0 saturated carbocycles. The molecule has 0 saturated heterocycles. The third-order valence-corrected chi connectivity index (χ3v) is 4.18. The van der Waals surface area contributed by atoms with Crippen LogP contribution in [0.25, 0.3) is 22.4 Å². The van der Waals surface area contributed by atoms with Crippen LogP contribution in [0.5, 0.6) is 0 Å². The van der Waals surface area contributed by atoms with Gasteiger partial charge in [0.1, 0.15) is 12.1 Å². The van der Waals surface area contributed by atoms with Crippen LogP contribution in [0.2, 0.25) is 0 Å². The Morgan fingerprint density at radius 2 is 1.88 bits per heavy atom. The van der Waals surface area contributed by atoms with E-state index in [1.807, 2.05) is 30.3 Å². The van der Waals surface area contributed by atoms with Gasteiger partial charge < -0.3 is 4.52 Å². The molecule has 2 aromatic carbocycles. The number of nitrogens with zero attached hydrogens (tertiary/aromatic N) is 5. The summed E-state index contributed by atoms with van der Waals surface area (Å²) < 4.78 is 7.35. The average Bonchev–Trinajstić information content (AvgIpc) is 3.06. The van der Waals surface area contributed by atoms with Gasteiger partial charge in [-0.3, -0.25) is 4.79 Å². The van der Waals surface area contributed by atoms with Crippen LogP contribution in [0.4, 0.5) is 0 Å². The van der Waals surface area contributed by atoms with Crippen molar-refractivity contribution in [3.63, 3.8) is 0 Å². The topological polar surface area (TPSA) is 86.7 Å².